The van der Waals surface area contributed by atoms with E-state index in [2.05, 4.69) is 0 Å². The molecule has 0 spiro atoms. The van der Waals surface area contributed by atoms with Gasteiger partial charge in [0, 0.05) is 32.6 Å². The summed E-state index contributed by atoms with van der Waals surface area (Å²) < 4.78 is 0. The predicted octanol–water partition coefficient (Wildman–Crippen LogP) is -5.05. The minimum absolute atomic E-state index is 0.0174. The van der Waals surface area contributed by atoms with Crippen LogP contribution in [0.5, 0.6) is 0 Å². The van der Waals surface area contributed by atoms with Crippen molar-refractivity contribution < 1.29 is 69.3 Å². The Kier molecular flexibility index (Phi) is 16.2. The molecule has 0 unspecified atom stereocenters. The van der Waals surface area contributed by atoms with Gasteiger partial charge in [-0.2, -0.15) is 0 Å². The molecule has 2 saturated heterocycles. The van der Waals surface area contributed by atoms with E-state index in [4.69, 9.17) is 53.2 Å². The Labute approximate surface area is 270 Å². The summed E-state index contributed by atoms with van der Waals surface area (Å²) in [6.45, 7) is -0.156. The molecule has 16 N–H and O–H groups in total. The first-order valence-corrected chi connectivity index (χ1v) is 14.9. The van der Waals surface area contributed by atoms with Gasteiger partial charge in [0.05, 0.1) is 18.5 Å². The fourth-order valence-electron chi connectivity index (χ4n) is 5.67. The second-order valence-corrected chi connectivity index (χ2v) is 12.4. The van der Waals surface area contributed by atoms with Crippen LogP contribution < -0.4 is 22.9 Å². The number of amides is 2. The SMILES string of the molecule is N[C@@H](CC(=O)O)C(=O)N1C[C@@H](CCB(O)O)C[C@](N)(C(=O)O)C1.N[C@@H](CCC(=O)O)C(=O)N1C[C@@H](CCB(O)O)C[C@](N)(C(=O)O)C1. The zero-order valence-electron chi connectivity index (χ0n) is 25.9. The molecule has 2 rings (SSSR count). The highest BCUT2D eigenvalue weighted by Crippen LogP contribution is 2.29. The van der Waals surface area contributed by atoms with Gasteiger partial charge in [-0.15, -0.1) is 0 Å². The minimum Gasteiger partial charge on any atom is -0.481 e. The van der Waals surface area contributed by atoms with Crippen molar-refractivity contribution in [2.24, 2.45) is 34.8 Å². The lowest BCUT2D eigenvalue weighted by atomic mass is 9.75. The van der Waals surface area contributed by atoms with Gasteiger partial charge >= 0.3 is 38.1 Å². The van der Waals surface area contributed by atoms with Crippen molar-refractivity contribution in [1.29, 1.82) is 0 Å². The first kappa shape index (κ1) is 41.7. The Balaban J connectivity index is 0.000000470. The smallest absolute Gasteiger partial charge is 0.451 e. The third-order valence-corrected chi connectivity index (χ3v) is 8.05. The maximum atomic E-state index is 12.4. The molecule has 0 aromatic heterocycles. The van der Waals surface area contributed by atoms with E-state index in [1.807, 2.05) is 0 Å². The van der Waals surface area contributed by atoms with Crippen LogP contribution in [0, 0.1) is 11.8 Å². The number of hydrogen-bond donors (Lipinski definition) is 12. The highest BCUT2D eigenvalue weighted by molar-refractivity contribution is 6.41. The third kappa shape index (κ3) is 13.7. The molecule has 0 saturated carbocycles. The lowest BCUT2D eigenvalue weighted by Crippen LogP contribution is -2.64. The number of likely N-dealkylation sites (tertiary alicyclic amines) is 2. The molecular formula is C25H46B2N6O14. The van der Waals surface area contributed by atoms with Crippen molar-refractivity contribution in [3.8, 4) is 0 Å². The van der Waals surface area contributed by atoms with Crippen molar-refractivity contribution in [2.45, 2.75) is 80.7 Å². The maximum absolute atomic E-state index is 12.4. The van der Waals surface area contributed by atoms with Crippen molar-refractivity contribution in [1.82, 2.24) is 9.80 Å². The van der Waals surface area contributed by atoms with E-state index in [0.717, 1.165) is 4.90 Å². The molecule has 6 atom stereocenters. The van der Waals surface area contributed by atoms with Gasteiger partial charge in [-0.1, -0.05) is 12.8 Å². The van der Waals surface area contributed by atoms with Crippen LogP contribution in [0.2, 0.25) is 12.6 Å². The summed E-state index contributed by atoms with van der Waals surface area (Å²) in [5.74, 6) is -6.76. The van der Waals surface area contributed by atoms with Crippen LogP contribution in [0.3, 0.4) is 0 Å². The molecule has 0 aliphatic carbocycles. The molecule has 2 heterocycles. The van der Waals surface area contributed by atoms with Gasteiger partial charge in [-0.25, -0.2) is 0 Å². The molecule has 266 valence electrons. The highest BCUT2D eigenvalue weighted by Gasteiger charge is 2.46. The summed E-state index contributed by atoms with van der Waals surface area (Å²) in [5, 5.41) is 71.7. The number of hydrogen-bond acceptors (Lipinski definition) is 14. The van der Waals surface area contributed by atoms with Gasteiger partial charge in [0.15, 0.2) is 0 Å². The predicted molar refractivity (Wildman–Crippen MR) is 163 cm³/mol. The zero-order valence-corrected chi connectivity index (χ0v) is 25.9. The number of nitrogens with zero attached hydrogens (tertiary/aromatic N) is 2. The summed E-state index contributed by atoms with van der Waals surface area (Å²) in [5.41, 5.74) is 19.7. The molecule has 0 bridgehead atoms. The average Bonchev–Trinajstić information content (AvgIpc) is 2.96. The molecule has 20 nitrogen and oxygen atoms in total. The number of aliphatic carboxylic acids is 4. The van der Waals surface area contributed by atoms with E-state index in [1.165, 1.54) is 4.90 Å². The fraction of sp³-hybridized carbons (Fsp3) is 0.760. The number of carbonyl (C=O) groups is 6. The van der Waals surface area contributed by atoms with E-state index in [0.29, 0.717) is 0 Å². The largest absolute Gasteiger partial charge is 0.481 e. The summed E-state index contributed by atoms with van der Waals surface area (Å²) in [4.78, 5) is 71.0. The van der Waals surface area contributed by atoms with Crippen LogP contribution in [0.4, 0.5) is 0 Å². The average molecular weight is 676 g/mol. The second kappa shape index (κ2) is 18.2. The number of rotatable bonds is 15. The minimum atomic E-state index is -1.68. The normalized spacial score (nSPS) is 25.4. The molecule has 2 aliphatic rings. The standard InChI is InChI=1S/C13H24BN3O7.C12H22BN3O7/c15-9(1-2-10(18)19)11(20)17-6-8(3-4-14(23)24)5-13(16,7-17)12(21)22;14-8(3-9(17)18)10(19)16-5-7(1-2-13(22)23)4-12(15,6-16)11(20)21/h8-9,23-24H,1-7,15-16H2,(H,18,19)(H,21,22);7-8,22-23H,1-6,14-15H2,(H,17,18)(H,20,21)/t8-,9-,13+;7-,8-,12+/m00/s1. The number of piperidine rings is 2. The monoisotopic (exact) mass is 676 g/mol. The molecule has 0 aromatic rings. The Morgan fingerprint density at radius 1 is 0.681 bits per heavy atom. The topological polar surface area (TPSA) is 375 Å². The van der Waals surface area contributed by atoms with Crippen LogP contribution >= 0.6 is 0 Å². The number of carboxylic acid groups (broad SMARTS) is 4. The van der Waals surface area contributed by atoms with Crippen molar-refractivity contribution >= 4 is 49.9 Å². The highest BCUT2D eigenvalue weighted by atomic mass is 16.4. The summed E-state index contributed by atoms with van der Waals surface area (Å²) in [6.07, 6.45) is -0.115. The summed E-state index contributed by atoms with van der Waals surface area (Å²) >= 11 is 0. The van der Waals surface area contributed by atoms with Gasteiger partial charge in [-0.3, -0.25) is 28.8 Å². The lowest BCUT2D eigenvalue weighted by Gasteiger charge is -2.42. The van der Waals surface area contributed by atoms with Gasteiger partial charge < -0.3 is 73.3 Å². The number of carboxylic acids is 4. The van der Waals surface area contributed by atoms with Crippen LogP contribution in [0.25, 0.3) is 0 Å². The van der Waals surface area contributed by atoms with Crippen LogP contribution in [0.15, 0.2) is 0 Å². The molecular weight excluding hydrogens is 630 g/mol. The summed E-state index contributed by atoms with van der Waals surface area (Å²) in [6, 6.07) is -2.34. The van der Waals surface area contributed by atoms with Gasteiger partial charge in [-0.05, 0) is 43.7 Å². The molecule has 2 amide bonds. The Hall–Kier alpha value is -3.37. The van der Waals surface area contributed by atoms with Gasteiger partial charge in [0.2, 0.25) is 11.8 Å². The van der Waals surface area contributed by atoms with E-state index in [1.54, 1.807) is 0 Å². The quantitative estimate of drug-likeness (QED) is 0.0722. The van der Waals surface area contributed by atoms with Crippen molar-refractivity contribution in [2.75, 3.05) is 26.2 Å². The van der Waals surface area contributed by atoms with Gasteiger partial charge in [0.1, 0.15) is 11.1 Å². The zero-order chi connectivity index (χ0) is 36.3. The van der Waals surface area contributed by atoms with E-state index in [-0.39, 0.29) is 89.2 Å². The second-order valence-electron chi connectivity index (χ2n) is 12.4. The Morgan fingerprint density at radius 2 is 1.06 bits per heavy atom. The first-order chi connectivity index (χ1) is 21.6. The molecule has 2 aliphatic heterocycles. The summed E-state index contributed by atoms with van der Waals surface area (Å²) in [7, 11) is -3.06. The number of carbonyl (C=O) groups excluding carboxylic acids is 2. The van der Waals surface area contributed by atoms with Crippen LogP contribution in [-0.4, -0.2) is 150 Å². The molecule has 47 heavy (non-hydrogen) atoms. The van der Waals surface area contributed by atoms with Crippen LogP contribution in [0.1, 0.15) is 44.9 Å². The third-order valence-electron chi connectivity index (χ3n) is 8.05. The lowest BCUT2D eigenvalue weighted by molar-refractivity contribution is -0.151. The maximum Gasteiger partial charge on any atom is 0.451 e. The molecule has 0 radical (unpaired) electrons. The van der Waals surface area contributed by atoms with Gasteiger partial charge in [0.25, 0.3) is 0 Å². The van der Waals surface area contributed by atoms with E-state index >= 15 is 0 Å². The molecule has 22 heteroatoms. The van der Waals surface area contributed by atoms with Crippen molar-refractivity contribution in [3.05, 3.63) is 0 Å². The van der Waals surface area contributed by atoms with E-state index in [9.17, 15) is 39.0 Å². The van der Waals surface area contributed by atoms with E-state index < -0.39 is 79.5 Å². The molecule has 2 fully saturated rings. The molecule has 0 aromatic carbocycles. The number of nitrogens with two attached hydrogens (primary N) is 4. The van der Waals surface area contributed by atoms with Crippen molar-refractivity contribution in [3.63, 3.8) is 0 Å². The van der Waals surface area contributed by atoms with Crippen LogP contribution in [-0.2, 0) is 28.8 Å². The fourth-order valence-corrected chi connectivity index (χ4v) is 5.67. The Bertz CT molecular complexity index is 1140. The first-order valence-electron chi connectivity index (χ1n) is 14.9. The Morgan fingerprint density at radius 3 is 1.38 bits per heavy atom.